The molecule has 0 radical (unpaired) electrons. The van der Waals surface area contributed by atoms with Crippen molar-refractivity contribution in [3.63, 3.8) is 0 Å². The first-order chi connectivity index (χ1) is 35.3. The first-order valence-electron chi connectivity index (χ1n) is 25.2. The third-order valence-electron chi connectivity index (χ3n) is 13.6. The van der Waals surface area contributed by atoms with Gasteiger partial charge in [0, 0.05) is 12.1 Å². The van der Waals surface area contributed by atoms with Crippen LogP contribution in [0.25, 0.3) is 11.2 Å². The number of carbonyl (C=O) groups excluding carboxylic acids is 1. The molecule has 3 unspecified atom stereocenters. The second-order valence-corrected chi connectivity index (χ2v) is 27.0. The number of hydrogen-bond donors (Lipinski definition) is 2. The van der Waals surface area contributed by atoms with Crippen LogP contribution < -0.4 is 20.3 Å². The number of imidazole rings is 1. The molecular weight excluding hydrogens is 974 g/mol. The highest BCUT2D eigenvalue weighted by molar-refractivity contribution is 7.44. The summed E-state index contributed by atoms with van der Waals surface area (Å²) >= 11 is 0. The number of aromatic nitrogens is 4. The van der Waals surface area contributed by atoms with Crippen molar-refractivity contribution < 1.29 is 37.2 Å². The minimum absolute atomic E-state index is 0.0245. The number of nitriles is 1. The Morgan fingerprint density at radius 1 is 0.865 bits per heavy atom. The van der Waals surface area contributed by atoms with Gasteiger partial charge in [-0.05, 0) is 98.3 Å². The summed E-state index contributed by atoms with van der Waals surface area (Å²) in [4.78, 5) is 39.4. The topological polar surface area (TPSA) is 184 Å². The summed E-state index contributed by atoms with van der Waals surface area (Å²) in [5.41, 5.74) is 1.96. The zero-order valence-electron chi connectivity index (χ0n) is 44.7. The van der Waals surface area contributed by atoms with Crippen molar-refractivity contribution >= 4 is 39.9 Å². The first kappa shape index (κ1) is 55.9. The van der Waals surface area contributed by atoms with Crippen LogP contribution in [0.4, 0.5) is 5.95 Å². The number of amides is 1. The van der Waals surface area contributed by atoms with Gasteiger partial charge in [-0.25, -0.2) is 9.65 Å². The zero-order chi connectivity index (χ0) is 53.4. The summed E-state index contributed by atoms with van der Waals surface area (Å²) in [6.07, 6.45) is -1.99. The molecule has 1 aliphatic heterocycles. The Morgan fingerprint density at radius 3 is 2.01 bits per heavy atom. The van der Waals surface area contributed by atoms with Crippen molar-refractivity contribution in [3.05, 3.63) is 148 Å². The Hall–Kier alpha value is -5.80. The fraction of sp³-hybridized carbons (Fsp3) is 0.446. The normalized spacial score (nSPS) is 17.8. The molecule has 18 heteroatoms. The fourth-order valence-electron chi connectivity index (χ4n) is 8.82. The molecule has 2 N–H and O–H groups in total. The van der Waals surface area contributed by atoms with E-state index < -0.39 is 58.5 Å². The third-order valence-corrected chi connectivity index (χ3v) is 20.1. The monoisotopic (exact) mass is 1050 g/mol. The van der Waals surface area contributed by atoms with Crippen molar-refractivity contribution in [2.24, 2.45) is 0 Å². The molecule has 2 aromatic heterocycles. The van der Waals surface area contributed by atoms with Crippen molar-refractivity contribution in [2.75, 3.05) is 32.2 Å². The molecule has 0 bridgehead atoms. The van der Waals surface area contributed by atoms with Crippen molar-refractivity contribution in [3.8, 4) is 17.6 Å². The molecule has 1 amide bonds. The lowest BCUT2D eigenvalue weighted by Crippen LogP contribution is -2.52. The van der Waals surface area contributed by atoms with Gasteiger partial charge in [0.2, 0.25) is 5.95 Å². The Labute approximate surface area is 437 Å². The van der Waals surface area contributed by atoms with E-state index in [9.17, 15) is 14.9 Å². The quantitative estimate of drug-likeness (QED) is 0.0268. The predicted octanol–water partition coefficient (Wildman–Crippen LogP) is 11.2. The standard InChI is InChI=1S/C56H72N7O9PSi/c1-37(2)40-24-28-45(29-25-40)67-35-47(64)59-54-60-51-48(52(65)61-54)58-36-62(51)53-50(72-74(11,12)55(7,8)9)49(46(70-53)34-69-73(68-33-19-32-57)63(38(3)4)39(5)6)71-56(41-20-15-13-16-21-41,42-22-17-14-18-23-42)43-26-30-44(66-10)31-27-43/h13-18,20-31,36-39,46,49-50,53H,19,33-35H2,1-12H3,(H2,59,60,61,64,65)/t46-,49?,50?,53-,73?/m1/s1. The van der Waals surface area contributed by atoms with Crippen LogP contribution in [0.2, 0.25) is 18.1 Å². The van der Waals surface area contributed by atoms with Gasteiger partial charge >= 0.3 is 0 Å². The number of rotatable bonds is 23. The van der Waals surface area contributed by atoms with Gasteiger partial charge in [-0.2, -0.15) is 10.2 Å². The predicted molar refractivity (Wildman–Crippen MR) is 291 cm³/mol. The highest BCUT2D eigenvalue weighted by Crippen LogP contribution is 2.51. The SMILES string of the molecule is COc1ccc(C(OC2C(O[Si](C)(C)C(C)(C)C)[C@H](n3cnc4c(=O)[nH]c(NC(=O)COc5ccc(C(C)C)cc5)nc43)O[C@@H]2COP(OCCC#N)N(C(C)C)C(C)C)(c2ccccc2)c2ccccc2)cc1. The summed E-state index contributed by atoms with van der Waals surface area (Å²) in [6, 6.07) is 37.8. The van der Waals surface area contributed by atoms with Crippen LogP contribution in [0.1, 0.15) is 103 Å². The Bertz CT molecular complexity index is 2820. The summed E-state index contributed by atoms with van der Waals surface area (Å²) in [7, 11) is -2.86. The van der Waals surface area contributed by atoms with Gasteiger partial charge in [0.05, 0.1) is 39.1 Å². The van der Waals surface area contributed by atoms with Crippen molar-refractivity contribution in [1.82, 2.24) is 24.2 Å². The van der Waals surface area contributed by atoms with Crippen LogP contribution in [-0.4, -0.2) is 95.7 Å². The first-order valence-corrected chi connectivity index (χ1v) is 29.3. The molecule has 3 heterocycles. The number of anilines is 1. The van der Waals surface area contributed by atoms with Crippen molar-refractivity contribution in [1.29, 1.82) is 5.26 Å². The molecule has 5 atom stereocenters. The minimum atomic E-state index is -2.76. The third kappa shape index (κ3) is 12.6. The van der Waals surface area contributed by atoms with Gasteiger partial charge in [-0.1, -0.05) is 120 Å². The molecule has 74 heavy (non-hydrogen) atoms. The lowest BCUT2D eigenvalue weighted by Gasteiger charge is -2.44. The smallest absolute Gasteiger partial charge is 0.280 e. The Balaban J connectivity index is 1.38. The van der Waals surface area contributed by atoms with E-state index in [2.05, 4.69) is 101 Å². The minimum Gasteiger partial charge on any atom is -0.497 e. The maximum absolute atomic E-state index is 13.9. The van der Waals surface area contributed by atoms with Gasteiger partial charge in [-0.3, -0.25) is 24.5 Å². The van der Waals surface area contributed by atoms with E-state index in [1.165, 1.54) is 6.33 Å². The number of ether oxygens (including phenoxy) is 4. The average molecular weight is 1050 g/mol. The summed E-state index contributed by atoms with van der Waals surface area (Å²) < 4.78 is 51.6. The van der Waals surface area contributed by atoms with Gasteiger partial charge < -0.3 is 32.4 Å². The Kier molecular flexibility index (Phi) is 18.3. The highest BCUT2D eigenvalue weighted by atomic mass is 31.2. The number of hydrogen-bond acceptors (Lipinski definition) is 13. The molecular formula is C56H72N7O9PSi. The maximum Gasteiger partial charge on any atom is 0.280 e. The number of methoxy groups -OCH3 is 1. The van der Waals surface area contributed by atoms with Gasteiger partial charge in [0.15, 0.2) is 32.3 Å². The van der Waals surface area contributed by atoms with E-state index in [1.54, 1.807) is 11.7 Å². The number of nitrogens with one attached hydrogen (secondary N) is 2. The van der Waals surface area contributed by atoms with Crippen molar-refractivity contribution in [2.45, 2.75) is 135 Å². The molecule has 7 rings (SSSR count). The molecule has 4 aromatic carbocycles. The number of benzene rings is 4. The molecule has 0 saturated carbocycles. The largest absolute Gasteiger partial charge is 0.497 e. The van der Waals surface area contributed by atoms with Crippen LogP contribution in [0.5, 0.6) is 11.5 Å². The lowest BCUT2D eigenvalue weighted by atomic mass is 9.79. The van der Waals surface area contributed by atoms with Gasteiger partial charge in [0.25, 0.3) is 20.0 Å². The number of H-pyrrole nitrogens is 1. The second kappa shape index (κ2) is 24.2. The number of fused-ring (bicyclic) bond motifs is 1. The van der Waals surface area contributed by atoms with E-state index in [0.29, 0.717) is 17.4 Å². The van der Waals surface area contributed by atoms with E-state index in [-0.39, 0.29) is 60.5 Å². The summed E-state index contributed by atoms with van der Waals surface area (Å²) in [5, 5.41) is 12.0. The zero-order valence-corrected chi connectivity index (χ0v) is 46.6. The average Bonchev–Trinajstić information content (AvgIpc) is 3.94. The van der Waals surface area contributed by atoms with E-state index in [0.717, 1.165) is 22.3 Å². The van der Waals surface area contributed by atoms with Crippen LogP contribution in [0, 0.1) is 11.3 Å². The van der Waals surface area contributed by atoms with Crippen LogP contribution in [-0.2, 0) is 33.3 Å². The molecule has 1 aliphatic rings. The molecule has 394 valence electrons. The summed E-state index contributed by atoms with van der Waals surface area (Å²) in [6.45, 7) is 23.2. The molecule has 1 fully saturated rings. The lowest BCUT2D eigenvalue weighted by molar-refractivity contribution is -0.118. The summed E-state index contributed by atoms with van der Waals surface area (Å²) in [5.74, 6) is 0.913. The molecule has 0 spiro atoms. The second-order valence-electron chi connectivity index (χ2n) is 20.8. The molecule has 16 nitrogen and oxygen atoms in total. The van der Waals surface area contributed by atoms with Crippen LogP contribution >= 0.6 is 8.53 Å². The van der Waals surface area contributed by atoms with Crippen LogP contribution in [0.3, 0.4) is 0 Å². The number of carbonyl (C=O) groups is 1. The fourth-order valence-corrected chi connectivity index (χ4v) is 11.7. The van der Waals surface area contributed by atoms with E-state index >= 15 is 0 Å². The molecule has 6 aromatic rings. The van der Waals surface area contributed by atoms with Gasteiger partial charge in [0.1, 0.15) is 35.4 Å². The highest BCUT2D eigenvalue weighted by Gasteiger charge is 2.56. The molecule has 1 saturated heterocycles. The Morgan fingerprint density at radius 2 is 1.46 bits per heavy atom. The molecule has 0 aliphatic carbocycles. The number of nitrogens with zero attached hydrogens (tertiary/aromatic N) is 5. The maximum atomic E-state index is 13.9. The van der Waals surface area contributed by atoms with Gasteiger partial charge in [-0.15, -0.1) is 0 Å². The van der Waals surface area contributed by atoms with E-state index in [4.69, 9.17) is 37.4 Å². The van der Waals surface area contributed by atoms with E-state index in [1.807, 2.05) is 109 Å². The number of aromatic amines is 1. The van der Waals surface area contributed by atoms with Crippen LogP contribution in [0.15, 0.2) is 120 Å².